The van der Waals surface area contributed by atoms with Gasteiger partial charge in [0.1, 0.15) is 11.4 Å². The van der Waals surface area contributed by atoms with Crippen LogP contribution in [-0.2, 0) is 5.41 Å². The smallest absolute Gasteiger partial charge is 0.195 e. The highest BCUT2D eigenvalue weighted by Crippen LogP contribution is 2.36. The Morgan fingerprint density at radius 1 is 1.10 bits per heavy atom. The summed E-state index contributed by atoms with van der Waals surface area (Å²) in [4.78, 5) is 17.4. The summed E-state index contributed by atoms with van der Waals surface area (Å²) in [6.07, 6.45) is 3.09. The lowest BCUT2D eigenvalue weighted by Gasteiger charge is -2.30. The number of carbonyl (C=O) groups excluding carboxylic acids is 1. The number of methoxy groups -OCH3 is 1. The van der Waals surface area contributed by atoms with Crippen LogP contribution >= 0.6 is 0 Å². The van der Waals surface area contributed by atoms with E-state index in [1.165, 1.54) is 0 Å². The maximum Gasteiger partial charge on any atom is 0.195 e. The van der Waals surface area contributed by atoms with Gasteiger partial charge in [-0.25, -0.2) is 4.98 Å². The average molecular weight is 283 g/mol. The fourth-order valence-corrected chi connectivity index (χ4v) is 2.82. The summed E-state index contributed by atoms with van der Waals surface area (Å²) >= 11 is 0. The van der Waals surface area contributed by atoms with E-state index in [0.29, 0.717) is 11.4 Å². The molecule has 3 heteroatoms. The second-order valence-electron chi connectivity index (χ2n) is 5.04. The maximum atomic E-state index is 13.2. The van der Waals surface area contributed by atoms with Gasteiger partial charge in [0.05, 0.1) is 12.5 Å². The Morgan fingerprint density at radius 3 is 2.33 bits per heavy atom. The van der Waals surface area contributed by atoms with Crippen LogP contribution in [-0.4, -0.2) is 17.9 Å². The lowest BCUT2D eigenvalue weighted by atomic mass is 9.71. The number of pyridine rings is 1. The normalized spacial score (nSPS) is 11.2. The lowest BCUT2D eigenvalue weighted by molar-refractivity contribution is 0.0864. The summed E-state index contributed by atoms with van der Waals surface area (Å²) in [6, 6.07) is 13.5. The van der Waals surface area contributed by atoms with Crippen LogP contribution in [0.25, 0.3) is 0 Å². The number of nitrogens with zero attached hydrogens (tertiary/aromatic N) is 1. The number of ketones is 1. The second kappa shape index (κ2) is 6.53. The first-order chi connectivity index (χ1) is 10.2. The highest BCUT2D eigenvalue weighted by Gasteiger charge is 2.39. The van der Waals surface area contributed by atoms with Gasteiger partial charge in [0, 0.05) is 6.20 Å². The van der Waals surface area contributed by atoms with Gasteiger partial charge >= 0.3 is 0 Å². The second-order valence-corrected chi connectivity index (χ2v) is 5.04. The molecule has 0 aliphatic carbocycles. The van der Waals surface area contributed by atoms with Crippen molar-refractivity contribution in [2.45, 2.75) is 32.1 Å². The molecule has 0 aliphatic rings. The van der Waals surface area contributed by atoms with Crippen molar-refractivity contribution >= 4 is 5.78 Å². The van der Waals surface area contributed by atoms with E-state index in [9.17, 15) is 4.79 Å². The molecular weight excluding hydrogens is 262 g/mol. The van der Waals surface area contributed by atoms with Crippen molar-refractivity contribution in [3.8, 4) is 5.75 Å². The molecule has 0 atom stereocenters. The van der Waals surface area contributed by atoms with E-state index in [2.05, 4.69) is 4.98 Å². The van der Waals surface area contributed by atoms with Crippen LogP contribution in [0, 0.1) is 0 Å². The minimum Gasteiger partial charge on any atom is -0.494 e. The molecule has 0 radical (unpaired) electrons. The van der Waals surface area contributed by atoms with Gasteiger partial charge in [-0.3, -0.25) is 4.79 Å². The van der Waals surface area contributed by atoms with Gasteiger partial charge in [0.15, 0.2) is 5.78 Å². The van der Waals surface area contributed by atoms with Crippen LogP contribution in [0.15, 0.2) is 48.7 Å². The van der Waals surface area contributed by atoms with Gasteiger partial charge in [0.25, 0.3) is 0 Å². The van der Waals surface area contributed by atoms with Crippen LogP contribution in [0.4, 0.5) is 0 Å². The summed E-state index contributed by atoms with van der Waals surface area (Å²) in [7, 11) is 1.57. The molecule has 1 aromatic carbocycles. The highest BCUT2D eigenvalue weighted by atomic mass is 16.5. The van der Waals surface area contributed by atoms with Gasteiger partial charge in [-0.2, -0.15) is 0 Å². The third kappa shape index (κ3) is 2.68. The standard InChI is InChI=1S/C18H21NO2/c1-4-18(5-2,14-10-7-6-8-11-14)17(20)16-15(21-3)12-9-13-19-16/h6-13H,4-5H2,1-3H3. The Hall–Kier alpha value is -2.16. The fraction of sp³-hybridized carbons (Fsp3) is 0.333. The molecule has 0 unspecified atom stereocenters. The van der Waals surface area contributed by atoms with Gasteiger partial charge < -0.3 is 4.74 Å². The molecule has 110 valence electrons. The lowest BCUT2D eigenvalue weighted by Crippen LogP contribution is -2.35. The zero-order valence-electron chi connectivity index (χ0n) is 12.8. The van der Waals surface area contributed by atoms with Gasteiger partial charge in [-0.05, 0) is 30.5 Å². The zero-order chi connectivity index (χ0) is 15.3. The van der Waals surface area contributed by atoms with Gasteiger partial charge in [-0.1, -0.05) is 44.2 Å². The first kappa shape index (κ1) is 15.2. The average Bonchev–Trinajstić information content (AvgIpc) is 2.57. The number of rotatable bonds is 6. The Labute approximate surface area is 126 Å². The van der Waals surface area contributed by atoms with E-state index in [1.54, 1.807) is 25.4 Å². The molecule has 0 aliphatic heterocycles. The molecule has 0 bridgehead atoms. The van der Waals surface area contributed by atoms with Gasteiger partial charge in [0.2, 0.25) is 0 Å². The van der Waals surface area contributed by atoms with Crippen molar-refractivity contribution in [3.63, 3.8) is 0 Å². The molecular formula is C18H21NO2. The van der Waals surface area contributed by atoms with E-state index >= 15 is 0 Å². The fourth-order valence-electron chi connectivity index (χ4n) is 2.82. The molecule has 0 saturated carbocycles. The number of hydrogen-bond acceptors (Lipinski definition) is 3. The molecule has 0 spiro atoms. The predicted molar refractivity (Wildman–Crippen MR) is 83.8 cm³/mol. The number of ether oxygens (including phenoxy) is 1. The van der Waals surface area contributed by atoms with Crippen LogP contribution < -0.4 is 4.74 Å². The minimum atomic E-state index is -0.553. The number of Topliss-reactive ketones (excluding diaryl/α,β-unsaturated/α-hetero) is 1. The zero-order valence-corrected chi connectivity index (χ0v) is 12.8. The molecule has 0 amide bonds. The molecule has 21 heavy (non-hydrogen) atoms. The van der Waals surface area contributed by atoms with E-state index < -0.39 is 5.41 Å². The SMILES string of the molecule is CCC(CC)(C(=O)c1ncccc1OC)c1ccccc1. The number of carbonyl (C=O) groups is 1. The quantitative estimate of drug-likeness (QED) is 0.751. The highest BCUT2D eigenvalue weighted by molar-refractivity contribution is 6.04. The summed E-state index contributed by atoms with van der Waals surface area (Å²) < 4.78 is 5.30. The Bertz CT molecular complexity index is 604. The monoisotopic (exact) mass is 283 g/mol. The van der Waals surface area contributed by atoms with Crippen molar-refractivity contribution in [3.05, 3.63) is 59.9 Å². The Kier molecular flexibility index (Phi) is 4.73. The van der Waals surface area contributed by atoms with Crippen LogP contribution in [0.2, 0.25) is 0 Å². The molecule has 1 heterocycles. The molecule has 1 aromatic heterocycles. The molecule has 2 aromatic rings. The molecule has 0 saturated heterocycles. The summed E-state index contributed by atoms with van der Waals surface area (Å²) in [5.74, 6) is 0.556. The number of benzene rings is 1. The third-order valence-corrected chi connectivity index (χ3v) is 4.17. The van der Waals surface area contributed by atoms with Crippen LogP contribution in [0.1, 0.15) is 42.7 Å². The van der Waals surface area contributed by atoms with Crippen molar-refractivity contribution in [1.82, 2.24) is 4.98 Å². The summed E-state index contributed by atoms with van der Waals surface area (Å²) in [5.41, 5.74) is 0.892. The van der Waals surface area contributed by atoms with E-state index in [1.807, 2.05) is 44.2 Å². The number of hydrogen-bond donors (Lipinski definition) is 0. The largest absolute Gasteiger partial charge is 0.494 e. The molecule has 0 N–H and O–H groups in total. The van der Waals surface area contributed by atoms with Crippen molar-refractivity contribution in [2.75, 3.05) is 7.11 Å². The first-order valence-electron chi connectivity index (χ1n) is 7.29. The molecule has 3 nitrogen and oxygen atoms in total. The van der Waals surface area contributed by atoms with Gasteiger partial charge in [-0.15, -0.1) is 0 Å². The Balaban J connectivity index is 2.55. The molecule has 2 rings (SSSR count). The summed E-state index contributed by atoms with van der Waals surface area (Å²) in [5, 5.41) is 0. The minimum absolute atomic E-state index is 0.0242. The number of aromatic nitrogens is 1. The van der Waals surface area contributed by atoms with Crippen LogP contribution in [0.3, 0.4) is 0 Å². The molecule has 0 fully saturated rings. The van der Waals surface area contributed by atoms with Crippen molar-refractivity contribution < 1.29 is 9.53 Å². The first-order valence-corrected chi connectivity index (χ1v) is 7.29. The van der Waals surface area contributed by atoms with Crippen LogP contribution in [0.5, 0.6) is 5.75 Å². The third-order valence-electron chi connectivity index (χ3n) is 4.17. The summed E-state index contributed by atoms with van der Waals surface area (Å²) in [6.45, 7) is 4.09. The van der Waals surface area contributed by atoms with E-state index in [0.717, 1.165) is 18.4 Å². The Morgan fingerprint density at radius 2 is 1.76 bits per heavy atom. The van der Waals surface area contributed by atoms with Crippen molar-refractivity contribution in [2.24, 2.45) is 0 Å². The maximum absolute atomic E-state index is 13.2. The topological polar surface area (TPSA) is 39.2 Å². The van der Waals surface area contributed by atoms with E-state index in [4.69, 9.17) is 4.74 Å². The van der Waals surface area contributed by atoms with E-state index in [-0.39, 0.29) is 5.78 Å². The van der Waals surface area contributed by atoms with Crippen molar-refractivity contribution in [1.29, 1.82) is 0 Å². The predicted octanol–water partition coefficient (Wildman–Crippen LogP) is 4.03.